The molecule has 160 valence electrons. The van der Waals surface area contributed by atoms with E-state index >= 15 is 0 Å². The molecule has 0 fully saturated rings. The van der Waals surface area contributed by atoms with Gasteiger partial charge < -0.3 is 4.74 Å². The van der Waals surface area contributed by atoms with Gasteiger partial charge in [-0.3, -0.25) is 4.79 Å². The number of hydrogen-bond acceptors (Lipinski definition) is 4. The van der Waals surface area contributed by atoms with Crippen molar-refractivity contribution in [2.75, 3.05) is 0 Å². The Labute approximate surface area is 188 Å². The minimum absolute atomic E-state index is 0.115. The zero-order valence-electron chi connectivity index (χ0n) is 17.3. The molecule has 0 radical (unpaired) electrons. The molecule has 5 heteroatoms. The first-order chi connectivity index (χ1) is 15.5. The van der Waals surface area contributed by atoms with Gasteiger partial charge in [0.05, 0.1) is 16.2 Å². The summed E-state index contributed by atoms with van der Waals surface area (Å²) in [6.45, 7) is 0.148. The standard InChI is InChI=1S/C27H22O4S/c28-27(31-20-21-9-3-1-4-10-21)19-24-13-7-8-14-26(24)32(29,30)25-17-15-23(16-18-25)22-11-5-2-6-12-22/h1-18H,19-20H2. The van der Waals surface area contributed by atoms with Gasteiger partial charge in [-0.05, 0) is 40.5 Å². The Morgan fingerprint density at radius 2 is 1.22 bits per heavy atom. The Morgan fingerprint density at radius 3 is 1.91 bits per heavy atom. The van der Waals surface area contributed by atoms with Crippen molar-refractivity contribution in [2.24, 2.45) is 0 Å². The Kier molecular flexibility index (Phi) is 6.47. The Bertz CT molecular complexity index is 1300. The minimum atomic E-state index is -3.79. The van der Waals surface area contributed by atoms with E-state index in [0.29, 0.717) is 5.56 Å². The zero-order valence-corrected chi connectivity index (χ0v) is 18.2. The number of ether oxygens (including phenoxy) is 1. The lowest BCUT2D eigenvalue weighted by molar-refractivity contribution is -0.144. The van der Waals surface area contributed by atoms with E-state index in [-0.39, 0.29) is 22.8 Å². The Balaban J connectivity index is 1.53. The zero-order chi connectivity index (χ0) is 22.4. The summed E-state index contributed by atoms with van der Waals surface area (Å²) < 4.78 is 32.0. The van der Waals surface area contributed by atoms with Gasteiger partial charge in [-0.15, -0.1) is 0 Å². The van der Waals surface area contributed by atoms with Crippen molar-refractivity contribution in [3.8, 4) is 11.1 Å². The second-order valence-electron chi connectivity index (χ2n) is 7.32. The second-order valence-corrected chi connectivity index (χ2v) is 9.24. The highest BCUT2D eigenvalue weighted by Crippen LogP contribution is 2.27. The van der Waals surface area contributed by atoms with Crippen molar-refractivity contribution in [3.63, 3.8) is 0 Å². The van der Waals surface area contributed by atoms with Crippen LogP contribution in [-0.2, 0) is 32.4 Å². The van der Waals surface area contributed by atoms with Gasteiger partial charge in [-0.2, -0.15) is 0 Å². The predicted octanol–water partition coefficient (Wildman–Crippen LogP) is 5.47. The van der Waals surface area contributed by atoms with E-state index < -0.39 is 15.8 Å². The van der Waals surface area contributed by atoms with E-state index in [4.69, 9.17) is 4.74 Å². The number of carbonyl (C=O) groups is 1. The first-order valence-electron chi connectivity index (χ1n) is 10.2. The molecule has 0 heterocycles. The van der Waals surface area contributed by atoms with Crippen LogP contribution in [0.5, 0.6) is 0 Å². The van der Waals surface area contributed by atoms with E-state index in [2.05, 4.69) is 0 Å². The predicted molar refractivity (Wildman–Crippen MR) is 124 cm³/mol. The smallest absolute Gasteiger partial charge is 0.310 e. The van der Waals surface area contributed by atoms with Gasteiger partial charge in [-0.25, -0.2) is 8.42 Å². The number of hydrogen-bond donors (Lipinski definition) is 0. The molecule has 0 saturated carbocycles. The molecule has 4 aromatic carbocycles. The lowest BCUT2D eigenvalue weighted by Gasteiger charge is -2.11. The van der Waals surface area contributed by atoms with Gasteiger partial charge in [0.15, 0.2) is 0 Å². The summed E-state index contributed by atoms with van der Waals surface area (Å²) in [5.41, 5.74) is 3.23. The summed E-state index contributed by atoms with van der Waals surface area (Å²) in [6.07, 6.45) is -0.121. The van der Waals surface area contributed by atoms with Crippen LogP contribution in [0.25, 0.3) is 11.1 Å². The van der Waals surface area contributed by atoms with Crippen molar-refractivity contribution in [2.45, 2.75) is 22.8 Å². The van der Waals surface area contributed by atoms with Crippen molar-refractivity contribution in [1.82, 2.24) is 0 Å². The number of esters is 1. The molecule has 0 aliphatic carbocycles. The van der Waals surface area contributed by atoms with E-state index in [0.717, 1.165) is 16.7 Å². The molecule has 32 heavy (non-hydrogen) atoms. The van der Waals surface area contributed by atoms with Crippen molar-refractivity contribution < 1.29 is 17.9 Å². The highest BCUT2D eigenvalue weighted by atomic mass is 32.2. The molecule has 0 bridgehead atoms. The summed E-state index contributed by atoms with van der Waals surface area (Å²) in [4.78, 5) is 12.7. The molecular formula is C27H22O4S. The fraction of sp³-hybridized carbons (Fsp3) is 0.0741. The SMILES string of the molecule is O=C(Cc1ccccc1S(=O)(=O)c1ccc(-c2ccccc2)cc1)OCc1ccccc1. The van der Waals surface area contributed by atoms with Crippen LogP contribution in [-0.4, -0.2) is 14.4 Å². The third-order valence-corrected chi connectivity index (χ3v) is 6.98. The summed E-state index contributed by atoms with van der Waals surface area (Å²) in [5.74, 6) is -0.476. The molecule has 4 aromatic rings. The molecule has 0 aromatic heterocycles. The van der Waals surface area contributed by atoms with Crippen molar-refractivity contribution in [1.29, 1.82) is 0 Å². The summed E-state index contributed by atoms with van der Waals surface area (Å²) in [7, 11) is -3.79. The quantitative estimate of drug-likeness (QED) is 0.356. The topological polar surface area (TPSA) is 60.4 Å². The van der Waals surface area contributed by atoms with Crippen LogP contribution in [0.1, 0.15) is 11.1 Å². The first-order valence-corrected chi connectivity index (χ1v) is 11.7. The normalized spacial score (nSPS) is 11.1. The van der Waals surface area contributed by atoms with E-state index in [1.165, 1.54) is 6.07 Å². The van der Waals surface area contributed by atoms with E-state index in [1.807, 2.05) is 60.7 Å². The molecule has 0 aliphatic heterocycles. The van der Waals surface area contributed by atoms with Crippen LogP contribution in [0, 0.1) is 0 Å². The van der Waals surface area contributed by atoms with Crippen molar-refractivity contribution in [3.05, 3.63) is 120 Å². The third-order valence-electron chi connectivity index (χ3n) is 5.11. The molecule has 0 aliphatic rings. The Hall–Kier alpha value is -3.70. The fourth-order valence-electron chi connectivity index (χ4n) is 3.44. The van der Waals surface area contributed by atoms with Crippen LogP contribution >= 0.6 is 0 Å². The molecular weight excluding hydrogens is 420 g/mol. The van der Waals surface area contributed by atoms with Gasteiger partial charge in [0.1, 0.15) is 6.61 Å². The highest BCUT2D eigenvalue weighted by Gasteiger charge is 2.22. The van der Waals surface area contributed by atoms with Crippen LogP contribution in [0.15, 0.2) is 119 Å². The summed E-state index contributed by atoms with van der Waals surface area (Å²) >= 11 is 0. The fourth-order valence-corrected chi connectivity index (χ4v) is 4.93. The maximum Gasteiger partial charge on any atom is 0.310 e. The van der Waals surface area contributed by atoms with Gasteiger partial charge >= 0.3 is 5.97 Å². The van der Waals surface area contributed by atoms with Gasteiger partial charge in [0.25, 0.3) is 0 Å². The summed E-state index contributed by atoms with van der Waals surface area (Å²) in [6, 6.07) is 32.4. The van der Waals surface area contributed by atoms with Crippen LogP contribution in [0.3, 0.4) is 0 Å². The first kappa shape index (κ1) is 21.5. The molecule has 0 atom stereocenters. The van der Waals surface area contributed by atoms with E-state index in [1.54, 1.807) is 42.5 Å². The van der Waals surface area contributed by atoms with Gasteiger partial charge in [0, 0.05) is 0 Å². The van der Waals surface area contributed by atoms with Crippen LogP contribution in [0.2, 0.25) is 0 Å². The number of carbonyl (C=O) groups excluding carboxylic acids is 1. The average molecular weight is 443 g/mol. The Morgan fingerprint density at radius 1 is 0.656 bits per heavy atom. The molecule has 0 spiro atoms. The lowest BCUT2D eigenvalue weighted by atomic mass is 10.1. The molecule has 0 N–H and O–H groups in total. The number of rotatable bonds is 7. The summed E-state index contributed by atoms with van der Waals surface area (Å²) in [5, 5.41) is 0. The molecule has 4 nitrogen and oxygen atoms in total. The van der Waals surface area contributed by atoms with E-state index in [9.17, 15) is 13.2 Å². The van der Waals surface area contributed by atoms with Crippen LogP contribution in [0.4, 0.5) is 0 Å². The monoisotopic (exact) mass is 442 g/mol. The highest BCUT2D eigenvalue weighted by molar-refractivity contribution is 7.91. The molecule has 4 rings (SSSR count). The maximum absolute atomic E-state index is 13.3. The molecule has 0 saturated heterocycles. The molecule has 0 unspecified atom stereocenters. The lowest BCUT2D eigenvalue weighted by Crippen LogP contribution is -2.12. The number of sulfone groups is 1. The number of benzene rings is 4. The van der Waals surface area contributed by atoms with Crippen molar-refractivity contribution >= 4 is 15.8 Å². The largest absolute Gasteiger partial charge is 0.461 e. The maximum atomic E-state index is 13.3. The second kappa shape index (κ2) is 9.62. The van der Waals surface area contributed by atoms with Crippen LogP contribution < -0.4 is 0 Å². The van der Waals surface area contributed by atoms with Gasteiger partial charge in [-0.1, -0.05) is 91.0 Å². The third kappa shape index (κ3) is 4.95. The average Bonchev–Trinajstić information content (AvgIpc) is 2.84. The molecule has 0 amide bonds. The minimum Gasteiger partial charge on any atom is -0.461 e. The van der Waals surface area contributed by atoms with Gasteiger partial charge in [0.2, 0.25) is 9.84 Å².